The summed E-state index contributed by atoms with van der Waals surface area (Å²) < 4.78 is 0. The number of rotatable bonds is 1. The van der Waals surface area contributed by atoms with Crippen LogP contribution in [0.2, 0.25) is 0 Å². The Morgan fingerprint density at radius 1 is 1.30 bits per heavy atom. The Balaban J connectivity index is 2.89. The molecule has 3 heteroatoms. The van der Waals surface area contributed by atoms with E-state index in [2.05, 4.69) is 0 Å². The fourth-order valence-corrected chi connectivity index (χ4v) is 0.662. The summed E-state index contributed by atoms with van der Waals surface area (Å²) in [7, 11) is 1.50. The molecule has 0 aliphatic rings. The van der Waals surface area contributed by atoms with Crippen LogP contribution in [0, 0.1) is 0 Å². The van der Waals surface area contributed by atoms with Crippen LogP contribution in [0.3, 0.4) is 0 Å². The quantitative estimate of drug-likeness (QED) is 0.577. The lowest BCUT2D eigenvalue weighted by Gasteiger charge is -2.11. The van der Waals surface area contributed by atoms with E-state index in [0.29, 0.717) is 5.69 Å². The van der Waals surface area contributed by atoms with Crippen LogP contribution in [0.4, 0.5) is 5.69 Å². The molecule has 1 aromatic carbocycles. The summed E-state index contributed by atoms with van der Waals surface area (Å²) in [5, 5.41) is 20.3. The first-order valence-corrected chi connectivity index (χ1v) is 2.90. The van der Waals surface area contributed by atoms with E-state index in [0.717, 1.165) is 5.06 Å². The van der Waals surface area contributed by atoms with Gasteiger partial charge in [0.1, 0.15) is 0 Å². The molecule has 0 atom stereocenters. The molecule has 0 amide bonds. The summed E-state index contributed by atoms with van der Waals surface area (Å²) in [5.74, 6) is -0.0504. The molecular weight excluding hydrogens is 130 g/mol. The van der Waals surface area contributed by atoms with Gasteiger partial charge in [-0.3, -0.25) is 10.3 Å². The number of hydroxylamine groups is 1. The molecule has 0 saturated heterocycles. The molecule has 0 heterocycles. The molecule has 1 N–H and O–H groups in total. The third kappa shape index (κ3) is 1.39. The SMILES string of the molecule is CN(O)c1ccc([O-])cc1. The maximum Gasteiger partial charge on any atom is 0.0630 e. The van der Waals surface area contributed by atoms with Crippen molar-refractivity contribution in [3.8, 4) is 5.75 Å². The molecule has 0 fully saturated rings. The van der Waals surface area contributed by atoms with Gasteiger partial charge in [0, 0.05) is 7.05 Å². The zero-order chi connectivity index (χ0) is 7.56. The van der Waals surface area contributed by atoms with E-state index in [1.807, 2.05) is 0 Å². The molecule has 0 spiro atoms. The second kappa shape index (κ2) is 2.58. The number of nitrogens with zero attached hydrogens (tertiary/aromatic N) is 1. The first-order chi connectivity index (χ1) is 4.70. The normalized spacial score (nSPS) is 9.40. The van der Waals surface area contributed by atoms with Gasteiger partial charge in [0.2, 0.25) is 0 Å². The monoisotopic (exact) mass is 138 g/mol. The van der Waals surface area contributed by atoms with Crippen LogP contribution in [0.5, 0.6) is 5.75 Å². The number of benzene rings is 1. The molecule has 0 saturated carbocycles. The van der Waals surface area contributed by atoms with E-state index in [-0.39, 0.29) is 5.75 Å². The summed E-state index contributed by atoms with van der Waals surface area (Å²) in [6.07, 6.45) is 0. The van der Waals surface area contributed by atoms with Crippen molar-refractivity contribution < 1.29 is 10.3 Å². The predicted molar refractivity (Wildman–Crippen MR) is 36.1 cm³/mol. The van der Waals surface area contributed by atoms with Crippen molar-refractivity contribution in [3.63, 3.8) is 0 Å². The van der Waals surface area contributed by atoms with Crippen LogP contribution >= 0.6 is 0 Å². The van der Waals surface area contributed by atoms with Crippen LogP contribution < -0.4 is 10.2 Å². The van der Waals surface area contributed by atoms with Crippen LogP contribution in [0.1, 0.15) is 0 Å². The maximum absolute atomic E-state index is 10.5. The molecular formula is C7H8NO2-. The largest absolute Gasteiger partial charge is 0.872 e. The predicted octanol–water partition coefficient (Wildman–Crippen LogP) is 0.586. The minimum Gasteiger partial charge on any atom is -0.872 e. The summed E-state index contributed by atoms with van der Waals surface area (Å²) in [6, 6.07) is 5.93. The number of anilines is 1. The number of hydrogen-bond donors (Lipinski definition) is 1. The molecule has 0 radical (unpaired) electrons. The summed E-state index contributed by atoms with van der Waals surface area (Å²) in [4.78, 5) is 0. The van der Waals surface area contributed by atoms with Gasteiger partial charge in [-0.05, 0) is 12.1 Å². The molecule has 0 aliphatic heterocycles. The Morgan fingerprint density at radius 3 is 2.20 bits per heavy atom. The minimum absolute atomic E-state index is 0.0504. The van der Waals surface area contributed by atoms with Gasteiger partial charge < -0.3 is 5.11 Å². The topological polar surface area (TPSA) is 46.5 Å². The Kier molecular flexibility index (Phi) is 1.78. The fourth-order valence-electron chi connectivity index (χ4n) is 0.662. The lowest BCUT2D eigenvalue weighted by molar-refractivity contribution is -0.268. The first kappa shape index (κ1) is 6.89. The summed E-state index contributed by atoms with van der Waals surface area (Å²) in [5.41, 5.74) is 0.611. The van der Waals surface area contributed by atoms with E-state index < -0.39 is 0 Å². The van der Waals surface area contributed by atoms with Gasteiger partial charge in [-0.15, -0.1) is 5.75 Å². The molecule has 1 rings (SSSR count). The van der Waals surface area contributed by atoms with Gasteiger partial charge in [-0.1, -0.05) is 12.1 Å². The Labute approximate surface area is 59.1 Å². The van der Waals surface area contributed by atoms with Gasteiger partial charge in [-0.2, -0.15) is 0 Å². The Bertz CT molecular complexity index is 205. The molecule has 3 nitrogen and oxygen atoms in total. The first-order valence-electron chi connectivity index (χ1n) is 2.90. The van der Waals surface area contributed by atoms with Gasteiger partial charge in [-0.25, -0.2) is 0 Å². The zero-order valence-corrected chi connectivity index (χ0v) is 5.61. The smallest absolute Gasteiger partial charge is 0.0630 e. The van der Waals surface area contributed by atoms with Crippen molar-refractivity contribution in [3.05, 3.63) is 24.3 Å². The third-order valence-electron chi connectivity index (χ3n) is 1.21. The molecule has 10 heavy (non-hydrogen) atoms. The molecule has 0 bridgehead atoms. The fraction of sp³-hybridized carbons (Fsp3) is 0.143. The lowest BCUT2D eigenvalue weighted by atomic mass is 10.3. The molecule has 0 aromatic heterocycles. The second-order valence-corrected chi connectivity index (χ2v) is 2.02. The minimum atomic E-state index is -0.0504. The van der Waals surface area contributed by atoms with Crippen molar-refractivity contribution in [2.45, 2.75) is 0 Å². The van der Waals surface area contributed by atoms with Crippen molar-refractivity contribution in [1.29, 1.82) is 0 Å². The van der Waals surface area contributed by atoms with Crippen LogP contribution in [-0.4, -0.2) is 12.3 Å². The molecule has 0 aliphatic carbocycles. The van der Waals surface area contributed by atoms with E-state index in [1.54, 1.807) is 12.1 Å². The average molecular weight is 138 g/mol. The van der Waals surface area contributed by atoms with Gasteiger partial charge >= 0.3 is 0 Å². The van der Waals surface area contributed by atoms with Crippen molar-refractivity contribution in [2.75, 3.05) is 12.1 Å². The summed E-state index contributed by atoms with van der Waals surface area (Å²) >= 11 is 0. The van der Waals surface area contributed by atoms with Gasteiger partial charge in [0.05, 0.1) is 5.69 Å². The lowest BCUT2D eigenvalue weighted by Crippen LogP contribution is -2.09. The number of hydrogen-bond acceptors (Lipinski definition) is 3. The van der Waals surface area contributed by atoms with E-state index in [1.165, 1.54) is 19.2 Å². The summed E-state index contributed by atoms with van der Waals surface area (Å²) in [6.45, 7) is 0. The Hall–Kier alpha value is -1.22. The van der Waals surface area contributed by atoms with Crippen LogP contribution in [0.25, 0.3) is 0 Å². The van der Waals surface area contributed by atoms with Crippen LogP contribution in [-0.2, 0) is 0 Å². The highest BCUT2D eigenvalue weighted by molar-refractivity contribution is 5.45. The van der Waals surface area contributed by atoms with Gasteiger partial charge in [0.15, 0.2) is 0 Å². The van der Waals surface area contributed by atoms with Gasteiger partial charge in [0.25, 0.3) is 0 Å². The van der Waals surface area contributed by atoms with E-state index in [4.69, 9.17) is 5.21 Å². The molecule has 54 valence electrons. The van der Waals surface area contributed by atoms with E-state index >= 15 is 0 Å². The van der Waals surface area contributed by atoms with E-state index in [9.17, 15) is 5.11 Å². The highest BCUT2D eigenvalue weighted by Gasteiger charge is 1.90. The van der Waals surface area contributed by atoms with Crippen LogP contribution in [0.15, 0.2) is 24.3 Å². The molecule has 0 unspecified atom stereocenters. The van der Waals surface area contributed by atoms with Crippen molar-refractivity contribution >= 4 is 5.69 Å². The highest BCUT2D eigenvalue weighted by atomic mass is 16.5. The van der Waals surface area contributed by atoms with Crippen molar-refractivity contribution in [2.24, 2.45) is 0 Å². The zero-order valence-electron chi connectivity index (χ0n) is 5.61. The Morgan fingerprint density at radius 2 is 1.80 bits per heavy atom. The third-order valence-corrected chi connectivity index (χ3v) is 1.21. The standard InChI is InChI=1S/C7H9NO2/c1-8(10)6-2-4-7(9)5-3-6/h2-5,9-10H,1H3/p-1. The second-order valence-electron chi connectivity index (χ2n) is 2.02. The molecule has 1 aromatic rings. The average Bonchev–Trinajstić information content (AvgIpc) is 1.88. The highest BCUT2D eigenvalue weighted by Crippen LogP contribution is 2.13. The maximum atomic E-state index is 10.5. The van der Waals surface area contributed by atoms with Crippen molar-refractivity contribution in [1.82, 2.24) is 0 Å².